The molecule has 1 aliphatic carbocycles. The minimum atomic E-state index is -2.42. The monoisotopic (exact) mass is 223 g/mol. The van der Waals surface area contributed by atoms with Crippen molar-refractivity contribution in [1.82, 2.24) is 5.32 Å². The zero-order valence-electron chi connectivity index (χ0n) is 10.8. The zero-order valence-corrected chi connectivity index (χ0v) is 8.77. The summed E-state index contributed by atoms with van der Waals surface area (Å²) in [6.45, 7) is -2.30. The molecule has 0 atom stereocenters. The summed E-state index contributed by atoms with van der Waals surface area (Å²) in [4.78, 5) is 11.5. The first kappa shape index (κ1) is 8.58. The minimum absolute atomic E-state index is 0.122. The van der Waals surface area contributed by atoms with Gasteiger partial charge >= 0.3 is 6.09 Å². The van der Waals surface area contributed by atoms with E-state index >= 15 is 0 Å². The second-order valence-electron chi connectivity index (χ2n) is 3.88. The normalized spacial score (nSPS) is 19.3. The number of alkyl carbamates (subject to hydrolysis) is 1. The van der Waals surface area contributed by atoms with Crippen LogP contribution in [-0.2, 0) is 11.3 Å². The fourth-order valence-electron chi connectivity index (χ4n) is 1.34. The lowest BCUT2D eigenvalue weighted by Crippen LogP contribution is -2.39. The maximum absolute atomic E-state index is 11.5. The van der Waals surface area contributed by atoms with Gasteiger partial charge in [-0.3, -0.25) is 0 Å². The summed E-state index contributed by atoms with van der Waals surface area (Å²) >= 11 is 0. The highest BCUT2D eigenvalue weighted by Crippen LogP contribution is 2.34. The van der Waals surface area contributed by atoms with Crippen molar-refractivity contribution < 1.29 is 17.4 Å². The van der Waals surface area contributed by atoms with Gasteiger partial charge in [0.1, 0.15) is 6.61 Å². The predicted octanol–water partition coefficient (Wildman–Crippen LogP) is 1.44. The lowest BCUT2D eigenvalue weighted by Gasteiger charge is -2.14. The highest BCUT2D eigenvalue weighted by Gasteiger charge is 2.43. The molecule has 1 aromatic rings. The average Bonchev–Trinajstić information content (AvgIpc) is 3.08. The number of carbonyl (C=O) groups excluding carboxylic acids is 1. The smallest absolute Gasteiger partial charge is 0.407 e. The summed E-state index contributed by atoms with van der Waals surface area (Å²) in [5.74, 6) is 0. The molecule has 0 unspecified atom stereocenters. The molecule has 0 saturated heterocycles. The van der Waals surface area contributed by atoms with E-state index in [-0.39, 0.29) is 6.61 Å². The van der Waals surface area contributed by atoms with E-state index in [4.69, 9.17) is 7.48 Å². The Labute approximate surface area is 97.0 Å². The number of ether oxygens (including phenoxy) is 1. The maximum atomic E-state index is 11.5. The second kappa shape index (κ2) is 4.53. The molecule has 0 bridgehead atoms. The second-order valence-corrected chi connectivity index (χ2v) is 3.88. The van der Waals surface area contributed by atoms with Gasteiger partial charge in [0.25, 0.3) is 0 Å². The highest BCUT2D eigenvalue weighted by molar-refractivity contribution is 5.69. The summed E-state index contributed by atoms with van der Waals surface area (Å²) in [6, 6.07) is 9.19. The van der Waals surface area contributed by atoms with Gasteiger partial charge in [-0.15, -0.1) is 0 Å². The van der Waals surface area contributed by atoms with Crippen LogP contribution in [0.25, 0.3) is 0 Å². The van der Waals surface area contributed by atoms with Crippen molar-refractivity contribution in [2.45, 2.75) is 25.0 Å². The Morgan fingerprint density at radius 3 is 2.75 bits per heavy atom. The number of hydrogen-bond donors (Lipinski definition) is 2. The number of nitrogens with one attached hydrogen (secondary N) is 1. The lowest BCUT2D eigenvalue weighted by molar-refractivity contribution is 0.126. The van der Waals surface area contributed by atoms with Crippen molar-refractivity contribution in [2.24, 2.45) is 0 Å². The summed E-state index contributed by atoms with van der Waals surface area (Å²) in [6.07, 6.45) is 0.114. The van der Waals surface area contributed by atoms with Crippen molar-refractivity contribution in [3.63, 3.8) is 0 Å². The minimum Gasteiger partial charge on any atom is -0.445 e. The molecule has 16 heavy (non-hydrogen) atoms. The van der Waals surface area contributed by atoms with Crippen LogP contribution >= 0.6 is 0 Å². The number of carbonyl (C=O) groups is 1. The standard InChI is InChI=1S/C12H15NO3/c14-9-12(6-7-12)13-11(15)16-8-10-4-2-1-3-5-10/h1-5,14H,6-9H2,(H,13,15)/i9D2. The van der Waals surface area contributed by atoms with Crippen LogP contribution in [0.4, 0.5) is 4.79 Å². The van der Waals surface area contributed by atoms with Gasteiger partial charge < -0.3 is 15.2 Å². The fourth-order valence-corrected chi connectivity index (χ4v) is 1.34. The van der Waals surface area contributed by atoms with Gasteiger partial charge in [-0.05, 0) is 18.4 Å². The molecule has 4 heteroatoms. The number of aliphatic hydroxyl groups is 1. The Bertz CT molecular complexity index is 427. The molecule has 1 aromatic carbocycles. The molecule has 1 saturated carbocycles. The first-order valence-corrected chi connectivity index (χ1v) is 5.14. The van der Waals surface area contributed by atoms with Crippen molar-refractivity contribution in [3.8, 4) is 0 Å². The fraction of sp³-hybridized carbons (Fsp3) is 0.417. The topological polar surface area (TPSA) is 58.6 Å². The van der Waals surface area contributed by atoms with Gasteiger partial charge in [0.15, 0.2) is 0 Å². The third-order valence-electron chi connectivity index (χ3n) is 2.52. The Balaban J connectivity index is 1.84. The van der Waals surface area contributed by atoms with Crippen LogP contribution in [0.3, 0.4) is 0 Å². The van der Waals surface area contributed by atoms with E-state index in [0.717, 1.165) is 5.56 Å². The third-order valence-corrected chi connectivity index (χ3v) is 2.52. The van der Waals surface area contributed by atoms with E-state index in [0.29, 0.717) is 12.8 Å². The van der Waals surface area contributed by atoms with Gasteiger partial charge in [0.2, 0.25) is 0 Å². The van der Waals surface area contributed by atoms with Crippen molar-refractivity contribution in [3.05, 3.63) is 35.9 Å². The van der Waals surface area contributed by atoms with E-state index in [1.165, 1.54) is 0 Å². The quantitative estimate of drug-likeness (QED) is 0.812. The lowest BCUT2D eigenvalue weighted by atomic mass is 10.2. The summed E-state index contributed by atoms with van der Waals surface area (Å²) < 4.78 is 19.4. The SMILES string of the molecule is [2H]C([2H])(O)C1(NC(=O)OCc2ccccc2)CC1. The van der Waals surface area contributed by atoms with Gasteiger partial charge in [-0.1, -0.05) is 30.3 Å². The Kier molecular flexibility index (Phi) is 2.43. The van der Waals surface area contributed by atoms with E-state index in [2.05, 4.69) is 5.32 Å². The van der Waals surface area contributed by atoms with Gasteiger partial charge in [-0.2, -0.15) is 0 Å². The van der Waals surface area contributed by atoms with E-state index < -0.39 is 18.2 Å². The molecule has 1 amide bonds. The highest BCUT2D eigenvalue weighted by atomic mass is 16.5. The number of amides is 1. The molecular weight excluding hydrogens is 206 g/mol. The molecule has 86 valence electrons. The molecule has 0 aromatic heterocycles. The van der Waals surface area contributed by atoms with Gasteiger partial charge in [0, 0.05) is 0 Å². The number of rotatable bonds is 4. The molecule has 2 N–H and O–H groups in total. The molecule has 1 aliphatic rings. The summed E-state index contributed by atoms with van der Waals surface area (Å²) in [5, 5.41) is 11.7. The van der Waals surface area contributed by atoms with Crippen LogP contribution in [0.2, 0.25) is 0 Å². The van der Waals surface area contributed by atoms with Crippen LogP contribution in [0.1, 0.15) is 21.1 Å². The molecule has 0 spiro atoms. The first-order chi connectivity index (χ1) is 8.43. The van der Waals surface area contributed by atoms with Crippen LogP contribution < -0.4 is 5.32 Å². The van der Waals surface area contributed by atoms with E-state index in [1.54, 1.807) is 0 Å². The van der Waals surface area contributed by atoms with Crippen molar-refractivity contribution in [1.29, 1.82) is 0 Å². The Morgan fingerprint density at radius 2 is 2.19 bits per heavy atom. The zero-order chi connectivity index (χ0) is 13.2. The van der Waals surface area contributed by atoms with Crippen LogP contribution in [-0.4, -0.2) is 23.3 Å². The van der Waals surface area contributed by atoms with Gasteiger partial charge in [0.05, 0.1) is 14.8 Å². The van der Waals surface area contributed by atoms with E-state index in [1.807, 2.05) is 30.3 Å². The molecule has 4 nitrogen and oxygen atoms in total. The molecular formula is C12H15NO3. The summed E-state index contributed by atoms with van der Waals surface area (Å²) in [5.41, 5.74) is -0.328. The maximum Gasteiger partial charge on any atom is 0.407 e. The first-order valence-electron chi connectivity index (χ1n) is 6.14. The predicted molar refractivity (Wildman–Crippen MR) is 58.8 cm³/mol. The van der Waals surface area contributed by atoms with Crippen molar-refractivity contribution in [2.75, 3.05) is 6.56 Å². The van der Waals surface area contributed by atoms with Crippen LogP contribution in [0, 0.1) is 0 Å². The molecule has 2 rings (SSSR count). The van der Waals surface area contributed by atoms with Gasteiger partial charge in [-0.25, -0.2) is 4.79 Å². The molecule has 0 heterocycles. The summed E-state index contributed by atoms with van der Waals surface area (Å²) in [7, 11) is 0. The number of hydrogen-bond acceptors (Lipinski definition) is 3. The Morgan fingerprint density at radius 1 is 1.50 bits per heavy atom. The van der Waals surface area contributed by atoms with E-state index in [9.17, 15) is 9.90 Å². The van der Waals surface area contributed by atoms with Crippen LogP contribution in [0.15, 0.2) is 30.3 Å². The third kappa shape index (κ3) is 2.73. The van der Waals surface area contributed by atoms with Crippen LogP contribution in [0.5, 0.6) is 0 Å². The molecule has 0 radical (unpaired) electrons. The number of benzene rings is 1. The Hall–Kier alpha value is -1.55. The van der Waals surface area contributed by atoms with Crippen molar-refractivity contribution >= 4 is 6.09 Å². The molecule has 0 aliphatic heterocycles. The average molecular weight is 223 g/mol. The molecule has 1 fully saturated rings. The largest absolute Gasteiger partial charge is 0.445 e.